The Morgan fingerprint density at radius 1 is 1.17 bits per heavy atom. The molecule has 1 nitrogen and oxygen atoms in total. The van der Waals surface area contributed by atoms with Crippen molar-refractivity contribution in [1.29, 1.82) is 0 Å². The molecule has 0 bridgehead atoms. The van der Waals surface area contributed by atoms with E-state index >= 15 is 0 Å². The van der Waals surface area contributed by atoms with E-state index in [9.17, 15) is 4.39 Å². The van der Waals surface area contributed by atoms with Gasteiger partial charge in [-0.15, -0.1) is 11.6 Å². The first kappa shape index (κ1) is 13.2. The van der Waals surface area contributed by atoms with Gasteiger partial charge >= 0.3 is 0 Å². The Bertz CT molecular complexity index is 570. The molecule has 0 amide bonds. The van der Waals surface area contributed by atoms with Crippen LogP contribution in [-0.2, 0) is 5.88 Å². The Balaban J connectivity index is 2.40. The molecule has 0 atom stereocenters. The maximum Gasteiger partial charge on any atom is 0.134 e. The van der Waals surface area contributed by atoms with Gasteiger partial charge in [-0.25, -0.2) is 4.39 Å². The lowest BCUT2D eigenvalue weighted by Crippen LogP contribution is -1.94. The molecule has 0 radical (unpaired) electrons. The minimum Gasteiger partial charge on any atom is -0.457 e. The zero-order valence-electron chi connectivity index (χ0n) is 9.71. The number of rotatable bonds is 3. The van der Waals surface area contributed by atoms with Crippen molar-refractivity contribution in [2.75, 3.05) is 0 Å². The fourth-order valence-electron chi connectivity index (χ4n) is 1.57. The summed E-state index contributed by atoms with van der Waals surface area (Å²) in [4.78, 5) is 0. The first-order valence-electron chi connectivity index (χ1n) is 5.39. The molecule has 18 heavy (non-hydrogen) atoms. The van der Waals surface area contributed by atoms with Crippen molar-refractivity contribution >= 4 is 23.2 Å². The number of ether oxygens (including phenoxy) is 1. The molecule has 0 spiro atoms. The second kappa shape index (κ2) is 5.59. The summed E-state index contributed by atoms with van der Waals surface area (Å²) < 4.78 is 19.2. The third kappa shape index (κ3) is 2.77. The minimum absolute atomic E-state index is 0.0572. The summed E-state index contributed by atoms with van der Waals surface area (Å²) in [6.07, 6.45) is 0. The number of halogens is 3. The molecular formula is C14H11Cl2FO. The highest BCUT2D eigenvalue weighted by Gasteiger charge is 2.10. The molecule has 4 heteroatoms. The van der Waals surface area contributed by atoms with Crippen molar-refractivity contribution in [3.05, 3.63) is 58.4 Å². The Kier molecular flexibility index (Phi) is 4.10. The number of benzene rings is 2. The smallest absolute Gasteiger partial charge is 0.134 e. The largest absolute Gasteiger partial charge is 0.457 e. The molecule has 0 saturated carbocycles. The number of aryl methyl sites for hydroxylation is 1. The predicted molar refractivity (Wildman–Crippen MR) is 72.2 cm³/mol. The summed E-state index contributed by atoms with van der Waals surface area (Å²) >= 11 is 11.6. The quantitative estimate of drug-likeness (QED) is 0.693. The molecule has 2 rings (SSSR count). The van der Waals surface area contributed by atoms with Crippen LogP contribution in [0.25, 0.3) is 0 Å². The van der Waals surface area contributed by atoms with Crippen LogP contribution in [0.4, 0.5) is 4.39 Å². The highest BCUT2D eigenvalue weighted by atomic mass is 35.5. The van der Waals surface area contributed by atoms with Gasteiger partial charge in [0.05, 0.1) is 5.88 Å². The van der Waals surface area contributed by atoms with Gasteiger partial charge in [0.1, 0.15) is 17.3 Å². The van der Waals surface area contributed by atoms with Crippen molar-refractivity contribution < 1.29 is 9.13 Å². The number of hydrogen-bond acceptors (Lipinski definition) is 1. The average Bonchev–Trinajstić information content (AvgIpc) is 2.34. The molecular weight excluding hydrogens is 274 g/mol. The van der Waals surface area contributed by atoms with Crippen LogP contribution in [0.3, 0.4) is 0 Å². The topological polar surface area (TPSA) is 9.23 Å². The van der Waals surface area contributed by atoms with Crippen LogP contribution in [-0.4, -0.2) is 0 Å². The standard InChI is InChI=1S/C14H11Cl2FO/c1-9-5-6-10(16)7-14(9)18-13-4-2-3-12(17)11(13)8-15/h2-7H,8H2,1H3. The Labute approximate surface area is 115 Å². The zero-order chi connectivity index (χ0) is 13.1. The monoisotopic (exact) mass is 284 g/mol. The lowest BCUT2D eigenvalue weighted by Gasteiger charge is -2.12. The fourth-order valence-corrected chi connectivity index (χ4v) is 1.99. The van der Waals surface area contributed by atoms with Gasteiger partial charge < -0.3 is 4.74 Å². The molecule has 0 saturated heterocycles. The van der Waals surface area contributed by atoms with Gasteiger partial charge in [-0.3, -0.25) is 0 Å². The average molecular weight is 285 g/mol. The molecule has 0 aromatic heterocycles. The van der Waals surface area contributed by atoms with Crippen molar-refractivity contribution in [3.63, 3.8) is 0 Å². The van der Waals surface area contributed by atoms with Gasteiger partial charge in [0, 0.05) is 10.6 Å². The minimum atomic E-state index is -0.373. The second-order valence-corrected chi connectivity index (χ2v) is 4.57. The molecule has 0 aliphatic heterocycles. The van der Waals surface area contributed by atoms with Crippen LogP contribution in [0.5, 0.6) is 11.5 Å². The van der Waals surface area contributed by atoms with Crippen molar-refractivity contribution in [3.8, 4) is 11.5 Å². The number of hydrogen-bond donors (Lipinski definition) is 0. The van der Waals surface area contributed by atoms with E-state index in [1.54, 1.807) is 24.3 Å². The molecule has 0 aliphatic carbocycles. The molecule has 0 aliphatic rings. The maximum atomic E-state index is 13.5. The molecule has 2 aromatic carbocycles. The van der Waals surface area contributed by atoms with Crippen LogP contribution in [0.1, 0.15) is 11.1 Å². The summed E-state index contributed by atoms with van der Waals surface area (Å²) in [5.74, 6) is 0.693. The van der Waals surface area contributed by atoms with E-state index in [2.05, 4.69) is 0 Å². The summed E-state index contributed by atoms with van der Waals surface area (Å²) in [7, 11) is 0. The van der Waals surface area contributed by atoms with Crippen molar-refractivity contribution in [2.45, 2.75) is 12.8 Å². The number of alkyl halides is 1. The second-order valence-electron chi connectivity index (χ2n) is 3.86. The van der Waals surface area contributed by atoms with E-state index in [0.29, 0.717) is 22.1 Å². The highest BCUT2D eigenvalue weighted by Crippen LogP contribution is 2.31. The fraction of sp³-hybridized carbons (Fsp3) is 0.143. The van der Waals surface area contributed by atoms with Gasteiger partial charge in [0.25, 0.3) is 0 Å². The van der Waals surface area contributed by atoms with E-state index in [1.807, 2.05) is 13.0 Å². The predicted octanol–water partition coefficient (Wildman–Crippen LogP) is 5.32. The summed E-state index contributed by atoms with van der Waals surface area (Å²) in [5.41, 5.74) is 1.27. The maximum absolute atomic E-state index is 13.5. The Hall–Kier alpha value is -1.25. The van der Waals surface area contributed by atoms with Crippen LogP contribution >= 0.6 is 23.2 Å². The molecule has 94 valence electrons. The third-order valence-corrected chi connectivity index (χ3v) is 3.08. The van der Waals surface area contributed by atoms with Crippen molar-refractivity contribution in [1.82, 2.24) is 0 Å². The van der Waals surface area contributed by atoms with Crippen LogP contribution in [0.15, 0.2) is 36.4 Å². The van der Waals surface area contributed by atoms with Crippen LogP contribution in [0.2, 0.25) is 5.02 Å². The lowest BCUT2D eigenvalue weighted by molar-refractivity contribution is 0.467. The van der Waals surface area contributed by atoms with Crippen molar-refractivity contribution in [2.24, 2.45) is 0 Å². The van der Waals surface area contributed by atoms with Gasteiger partial charge in [0.15, 0.2) is 0 Å². The van der Waals surface area contributed by atoms with Gasteiger partial charge in [-0.2, -0.15) is 0 Å². The van der Waals surface area contributed by atoms with E-state index in [1.165, 1.54) is 6.07 Å². The van der Waals surface area contributed by atoms with E-state index < -0.39 is 0 Å². The van der Waals surface area contributed by atoms with Gasteiger partial charge in [-0.1, -0.05) is 23.7 Å². The van der Waals surface area contributed by atoms with Gasteiger partial charge in [0.2, 0.25) is 0 Å². The Morgan fingerprint density at radius 2 is 1.94 bits per heavy atom. The summed E-state index contributed by atoms with van der Waals surface area (Å²) in [6, 6.07) is 9.94. The van der Waals surface area contributed by atoms with E-state index in [0.717, 1.165) is 5.56 Å². The van der Waals surface area contributed by atoms with Crippen LogP contribution in [0, 0.1) is 12.7 Å². The van der Waals surface area contributed by atoms with E-state index in [4.69, 9.17) is 27.9 Å². The molecule has 0 heterocycles. The molecule has 2 aromatic rings. The molecule has 0 fully saturated rings. The zero-order valence-corrected chi connectivity index (χ0v) is 11.2. The Morgan fingerprint density at radius 3 is 2.67 bits per heavy atom. The first-order chi connectivity index (χ1) is 8.61. The normalized spacial score (nSPS) is 10.4. The van der Waals surface area contributed by atoms with Gasteiger partial charge in [-0.05, 0) is 36.8 Å². The third-order valence-electron chi connectivity index (χ3n) is 2.58. The molecule has 0 unspecified atom stereocenters. The summed E-state index contributed by atoms with van der Waals surface area (Å²) in [5, 5.41) is 0.569. The highest BCUT2D eigenvalue weighted by molar-refractivity contribution is 6.30. The SMILES string of the molecule is Cc1ccc(Cl)cc1Oc1cccc(F)c1CCl. The molecule has 0 N–H and O–H groups in total. The van der Waals surface area contributed by atoms with Crippen LogP contribution < -0.4 is 4.74 Å². The summed E-state index contributed by atoms with van der Waals surface area (Å²) in [6.45, 7) is 1.89. The first-order valence-corrected chi connectivity index (χ1v) is 6.30. The van der Waals surface area contributed by atoms with E-state index in [-0.39, 0.29) is 11.7 Å². The lowest BCUT2D eigenvalue weighted by atomic mass is 10.2.